The average molecular weight is 422 g/mol. The second-order valence-corrected chi connectivity index (χ2v) is 8.15. The number of rotatable bonds is 3. The molecule has 0 radical (unpaired) electrons. The monoisotopic (exact) mass is 422 g/mol. The molecule has 2 aromatic rings. The number of amides is 1. The molecule has 0 spiro atoms. The second kappa shape index (κ2) is 7.40. The number of nitrogens with one attached hydrogen (secondary N) is 2. The topological polar surface area (TPSA) is 124 Å². The normalized spacial score (nSPS) is 18.4. The molecule has 0 bridgehead atoms. The number of carbonyl (C=O) groups is 1. The molecule has 0 fully saturated rings. The van der Waals surface area contributed by atoms with Crippen LogP contribution in [0.3, 0.4) is 0 Å². The molecule has 2 heterocycles. The third-order valence-electron chi connectivity index (χ3n) is 4.42. The van der Waals surface area contributed by atoms with Crippen molar-refractivity contribution >= 4 is 27.7 Å². The van der Waals surface area contributed by atoms with Crippen LogP contribution in [0, 0.1) is 23.0 Å². The van der Waals surface area contributed by atoms with Gasteiger partial charge in [-0.25, -0.2) is 21.9 Å². The Morgan fingerprint density at radius 3 is 2.72 bits per heavy atom. The lowest BCUT2D eigenvalue weighted by Crippen LogP contribution is -2.39. The summed E-state index contributed by atoms with van der Waals surface area (Å²) in [5.41, 5.74) is -1.33. The Balaban J connectivity index is 2.06. The van der Waals surface area contributed by atoms with Gasteiger partial charge in [0, 0.05) is 18.8 Å². The summed E-state index contributed by atoms with van der Waals surface area (Å²) in [6.45, 7) is 1.41. The zero-order chi connectivity index (χ0) is 21.5. The molecule has 0 saturated carbocycles. The number of nitriles is 1. The van der Waals surface area contributed by atoms with E-state index in [1.807, 2.05) is 0 Å². The van der Waals surface area contributed by atoms with E-state index < -0.39 is 51.0 Å². The maximum atomic E-state index is 14.3. The Kier molecular flexibility index (Phi) is 5.27. The highest BCUT2D eigenvalue weighted by Gasteiger charge is 2.32. The van der Waals surface area contributed by atoms with Gasteiger partial charge in [-0.1, -0.05) is 12.2 Å². The number of benzene rings is 1. The number of aromatic nitrogens is 1. The first-order valence-electron chi connectivity index (χ1n) is 8.34. The number of carbonyl (C=O) groups excluding carboxylic acids is 1. The molecule has 1 amide bonds. The van der Waals surface area contributed by atoms with Gasteiger partial charge in [-0.3, -0.25) is 4.79 Å². The lowest BCUT2D eigenvalue weighted by Gasteiger charge is -2.15. The van der Waals surface area contributed by atoms with Crippen LogP contribution in [-0.4, -0.2) is 36.1 Å². The Morgan fingerprint density at radius 2 is 2.10 bits per heavy atom. The van der Waals surface area contributed by atoms with Gasteiger partial charge in [0.25, 0.3) is 5.91 Å². The average Bonchev–Trinajstić information content (AvgIpc) is 2.92. The first kappa shape index (κ1) is 20.7. The lowest BCUT2D eigenvalue weighted by atomic mass is 10.1. The molecule has 152 valence electrons. The zero-order valence-electron chi connectivity index (χ0n) is 15.3. The first-order valence-corrected chi connectivity index (χ1v) is 9.82. The van der Waals surface area contributed by atoms with Crippen molar-refractivity contribution in [3.8, 4) is 6.07 Å². The largest absolute Gasteiger partial charge is 0.391 e. The smallest absolute Gasteiger partial charge is 0.273 e. The summed E-state index contributed by atoms with van der Waals surface area (Å²) in [6, 6.07) is 2.28. The van der Waals surface area contributed by atoms with E-state index in [-0.39, 0.29) is 16.2 Å². The van der Waals surface area contributed by atoms with E-state index in [0.29, 0.717) is 0 Å². The maximum Gasteiger partial charge on any atom is 0.273 e. The molecule has 11 heteroatoms. The van der Waals surface area contributed by atoms with Gasteiger partial charge in [0.05, 0.1) is 17.8 Å². The number of fused-ring (bicyclic) bond motifs is 1. The third kappa shape index (κ3) is 3.65. The lowest BCUT2D eigenvalue weighted by molar-refractivity contribution is 0.101. The summed E-state index contributed by atoms with van der Waals surface area (Å²) >= 11 is 0. The third-order valence-corrected chi connectivity index (χ3v) is 5.91. The number of aliphatic hydroxyl groups is 1. The summed E-state index contributed by atoms with van der Waals surface area (Å²) in [5, 5.41) is 20.8. The van der Waals surface area contributed by atoms with Crippen molar-refractivity contribution in [2.45, 2.75) is 24.0 Å². The minimum absolute atomic E-state index is 0.0451. The van der Waals surface area contributed by atoms with E-state index in [1.165, 1.54) is 43.0 Å². The number of hydrogen-bond donors (Lipinski definition) is 3. The number of aliphatic hydroxyl groups excluding tert-OH is 1. The minimum Gasteiger partial charge on any atom is -0.391 e. The van der Waals surface area contributed by atoms with Crippen molar-refractivity contribution in [2.75, 3.05) is 5.32 Å². The summed E-state index contributed by atoms with van der Waals surface area (Å²) in [4.78, 5) is 12.6. The van der Waals surface area contributed by atoms with Crippen LogP contribution in [0.5, 0.6) is 0 Å². The summed E-state index contributed by atoms with van der Waals surface area (Å²) < 4.78 is 56.5. The highest BCUT2D eigenvalue weighted by atomic mass is 32.2. The van der Waals surface area contributed by atoms with Crippen LogP contribution < -0.4 is 10.0 Å². The van der Waals surface area contributed by atoms with E-state index in [2.05, 4.69) is 10.0 Å². The summed E-state index contributed by atoms with van der Waals surface area (Å²) in [6.07, 6.45) is 2.97. The number of sulfonamides is 1. The quantitative estimate of drug-likeness (QED) is 0.691. The molecular weight excluding hydrogens is 406 g/mol. The molecule has 3 rings (SSSR count). The fraction of sp³-hybridized carbons (Fsp3) is 0.222. The van der Waals surface area contributed by atoms with Gasteiger partial charge in [0.2, 0.25) is 10.0 Å². The van der Waals surface area contributed by atoms with E-state index in [1.54, 1.807) is 0 Å². The number of aryl methyl sites for hydroxylation is 1. The molecule has 1 unspecified atom stereocenters. The van der Waals surface area contributed by atoms with Crippen LogP contribution in [0.4, 0.5) is 14.5 Å². The van der Waals surface area contributed by atoms with Crippen molar-refractivity contribution < 1.29 is 27.1 Å². The summed E-state index contributed by atoms with van der Waals surface area (Å²) in [7, 11) is -2.61. The fourth-order valence-electron chi connectivity index (χ4n) is 2.95. The predicted octanol–water partition coefficient (Wildman–Crippen LogP) is 1.48. The highest BCUT2D eigenvalue weighted by molar-refractivity contribution is 7.89. The Hall–Kier alpha value is -3.07. The van der Waals surface area contributed by atoms with Crippen LogP contribution in [0.1, 0.15) is 28.5 Å². The fourth-order valence-corrected chi connectivity index (χ4v) is 4.46. The van der Waals surface area contributed by atoms with Gasteiger partial charge in [0.15, 0.2) is 5.82 Å². The van der Waals surface area contributed by atoms with Crippen LogP contribution in [0.15, 0.2) is 29.3 Å². The molecule has 1 aromatic carbocycles. The van der Waals surface area contributed by atoms with Crippen molar-refractivity contribution in [2.24, 2.45) is 7.05 Å². The van der Waals surface area contributed by atoms with E-state index >= 15 is 0 Å². The van der Waals surface area contributed by atoms with E-state index in [9.17, 15) is 27.1 Å². The Labute approximate surface area is 165 Å². The molecule has 2 atom stereocenters. The van der Waals surface area contributed by atoms with Gasteiger partial charge in [0.1, 0.15) is 28.0 Å². The van der Waals surface area contributed by atoms with Crippen LogP contribution >= 0.6 is 0 Å². The van der Waals surface area contributed by atoms with Crippen LogP contribution in [-0.2, 0) is 17.1 Å². The van der Waals surface area contributed by atoms with Gasteiger partial charge in [-0.05, 0) is 19.1 Å². The highest BCUT2D eigenvalue weighted by Crippen LogP contribution is 2.28. The van der Waals surface area contributed by atoms with E-state index in [0.717, 1.165) is 12.1 Å². The second-order valence-electron chi connectivity index (χ2n) is 6.46. The molecule has 1 aliphatic heterocycles. The summed E-state index contributed by atoms with van der Waals surface area (Å²) in [5.74, 6) is -3.17. The molecule has 0 aliphatic carbocycles. The number of anilines is 1. The number of halogens is 2. The van der Waals surface area contributed by atoms with Crippen molar-refractivity contribution in [1.29, 1.82) is 5.26 Å². The van der Waals surface area contributed by atoms with Crippen molar-refractivity contribution in [3.63, 3.8) is 0 Å². The first-order chi connectivity index (χ1) is 13.6. The van der Waals surface area contributed by atoms with Crippen LogP contribution in [0.25, 0.3) is 6.08 Å². The van der Waals surface area contributed by atoms with Crippen molar-refractivity contribution in [1.82, 2.24) is 9.29 Å². The molecule has 0 saturated heterocycles. The molecule has 1 aliphatic rings. The van der Waals surface area contributed by atoms with Crippen LogP contribution in [0.2, 0.25) is 0 Å². The molecule has 29 heavy (non-hydrogen) atoms. The van der Waals surface area contributed by atoms with Gasteiger partial charge in [-0.2, -0.15) is 5.26 Å². The SMILES string of the molecule is C[C@H](O)C1C=Cc2c(cn(C)c2C(=O)Nc2ccc(F)c(C#N)c2F)S(=O)(=O)N1. The molecular formula is C18H16F2N4O4S. The molecule has 3 N–H and O–H groups in total. The standard InChI is InChI=1S/C18H16F2N4O4S/c1-9(25)13-5-3-10-15(29(27,28)23-13)8-24(2)17(10)18(26)22-14-6-4-12(19)11(7-21)16(14)20/h3-6,8-9,13,23,25H,1-2H3,(H,22,26)/t9-,13?/m0/s1. The number of hydrogen-bond acceptors (Lipinski definition) is 5. The van der Waals surface area contributed by atoms with Gasteiger partial charge in [-0.15, -0.1) is 0 Å². The van der Waals surface area contributed by atoms with Gasteiger partial charge < -0.3 is 15.0 Å². The molecule has 8 nitrogen and oxygen atoms in total. The Bertz CT molecular complexity index is 1180. The minimum atomic E-state index is -4.05. The Morgan fingerprint density at radius 1 is 1.41 bits per heavy atom. The zero-order valence-corrected chi connectivity index (χ0v) is 16.1. The number of nitrogens with zero attached hydrogens (tertiary/aromatic N) is 2. The predicted molar refractivity (Wildman–Crippen MR) is 99.3 cm³/mol. The maximum absolute atomic E-state index is 14.3. The van der Waals surface area contributed by atoms with Gasteiger partial charge >= 0.3 is 0 Å². The van der Waals surface area contributed by atoms with Crippen molar-refractivity contribution in [3.05, 3.63) is 52.9 Å². The molecule has 1 aromatic heterocycles. The van der Waals surface area contributed by atoms with E-state index in [4.69, 9.17) is 5.26 Å².